The lowest BCUT2D eigenvalue weighted by atomic mass is 9.90. The third-order valence-electron chi connectivity index (χ3n) is 4.27. The summed E-state index contributed by atoms with van der Waals surface area (Å²) in [6.07, 6.45) is 0.286. The Bertz CT molecular complexity index is 1060. The van der Waals surface area contributed by atoms with Gasteiger partial charge in [-0.3, -0.25) is 4.79 Å². The number of hydrogen-bond donors (Lipinski definition) is 0. The molecule has 1 aromatic heterocycles. The molecule has 0 aliphatic carbocycles. The molecular weight excluding hydrogens is 391 g/mol. The van der Waals surface area contributed by atoms with Crippen LogP contribution in [0.1, 0.15) is 17.0 Å². The Morgan fingerprint density at radius 3 is 2.52 bits per heavy atom. The van der Waals surface area contributed by atoms with Gasteiger partial charge in [0.05, 0.1) is 30.2 Å². The molecule has 3 aromatic rings. The van der Waals surface area contributed by atoms with Crippen LogP contribution in [0.3, 0.4) is 0 Å². The molecule has 5 nitrogen and oxygen atoms in total. The molecule has 140 valence electrons. The van der Waals surface area contributed by atoms with Gasteiger partial charge in [-0.25, -0.2) is 4.79 Å². The van der Waals surface area contributed by atoms with E-state index < -0.39 is 17.5 Å². The second kappa shape index (κ2) is 8.03. The zero-order valence-electron chi connectivity index (χ0n) is 14.6. The van der Waals surface area contributed by atoms with Crippen molar-refractivity contribution in [3.8, 4) is 5.75 Å². The standard InChI is InChI=1S/C20H16Cl2O5/c1-25-12-4-5-13-14(10-19(23)27-18(13)9-12)15(20(24)26-2)7-11-3-6-16(21)17(22)8-11/h3-6,8-10,15H,7H2,1-2H3/t15-/m0/s1. The van der Waals surface area contributed by atoms with E-state index in [9.17, 15) is 9.59 Å². The van der Waals surface area contributed by atoms with Gasteiger partial charge in [0.1, 0.15) is 11.3 Å². The molecule has 3 rings (SSSR count). The fourth-order valence-electron chi connectivity index (χ4n) is 2.95. The number of fused-ring (bicyclic) bond motifs is 1. The monoisotopic (exact) mass is 406 g/mol. The minimum atomic E-state index is -0.716. The first-order valence-electron chi connectivity index (χ1n) is 8.06. The van der Waals surface area contributed by atoms with Gasteiger partial charge in [-0.05, 0) is 41.8 Å². The molecule has 1 heterocycles. The smallest absolute Gasteiger partial charge is 0.336 e. The van der Waals surface area contributed by atoms with Gasteiger partial charge in [-0.15, -0.1) is 0 Å². The van der Waals surface area contributed by atoms with Crippen molar-refractivity contribution >= 4 is 40.1 Å². The first-order valence-corrected chi connectivity index (χ1v) is 8.82. The highest BCUT2D eigenvalue weighted by Crippen LogP contribution is 2.32. The quantitative estimate of drug-likeness (QED) is 0.457. The number of carbonyl (C=O) groups excluding carboxylic acids is 1. The van der Waals surface area contributed by atoms with E-state index in [4.69, 9.17) is 37.1 Å². The normalized spacial score (nSPS) is 12.0. The van der Waals surface area contributed by atoms with Crippen LogP contribution >= 0.6 is 23.2 Å². The van der Waals surface area contributed by atoms with E-state index in [1.54, 1.807) is 36.4 Å². The van der Waals surface area contributed by atoms with Gasteiger partial charge in [0.2, 0.25) is 0 Å². The summed E-state index contributed by atoms with van der Waals surface area (Å²) in [5, 5.41) is 1.44. The molecule has 1 atom stereocenters. The highest BCUT2D eigenvalue weighted by Gasteiger charge is 2.25. The first-order chi connectivity index (χ1) is 12.9. The highest BCUT2D eigenvalue weighted by atomic mass is 35.5. The summed E-state index contributed by atoms with van der Waals surface area (Å²) < 4.78 is 15.4. The Hall–Kier alpha value is -2.50. The van der Waals surface area contributed by atoms with Crippen molar-refractivity contribution in [3.05, 3.63) is 74.1 Å². The van der Waals surface area contributed by atoms with Crippen molar-refractivity contribution in [2.75, 3.05) is 14.2 Å². The summed E-state index contributed by atoms with van der Waals surface area (Å²) >= 11 is 12.0. The van der Waals surface area contributed by atoms with Crippen LogP contribution in [-0.2, 0) is 16.0 Å². The van der Waals surface area contributed by atoms with E-state index in [1.165, 1.54) is 20.3 Å². The second-order valence-electron chi connectivity index (χ2n) is 5.91. The molecule has 27 heavy (non-hydrogen) atoms. The first kappa shape index (κ1) is 19.3. The third kappa shape index (κ3) is 4.10. The minimum absolute atomic E-state index is 0.286. The Balaban J connectivity index is 2.13. The Morgan fingerprint density at radius 1 is 1.07 bits per heavy atom. The van der Waals surface area contributed by atoms with Crippen LogP contribution in [0.4, 0.5) is 0 Å². The molecule has 0 fully saturated rings. The molecule has 0 aliphatic rings. The molecule has 0 bridgehead atoms. The van der Waals surface area contributed by atoms with E-state index in [0.717, 1.165) is 5.56 Å². The fraction of sp³-hybridized carbons (Fsp3) is 0.200. The largest absolute Gasteiger partial charge is 0.497 e. The van der Waals surface area contributed by atoms with E-state index in [0.29, 0.717) is 32.3 Å². The van der Waals surface area contributed by atoms with Crippen LogP contribution in [0, 0.1) is 0 Å². The van der Waals surface area contributed by atoms with Crippen LogP contribution in [0.2, 0.25) is 10.0 Å². The Kier molecular flexibility index (Phi) is 5.73. The van der Waals surface area contributed by atoms with Gasteiger partial charge < -0.3 is 13.9 Å². The van der Waals surface area contributed by atoms with Crippen molar-refractivity contribution in [1.82, 2.24) is 0 Å². The van der Waals surface area contributed by atoms with Crippen molar-refractivity contribution in [3.63, 3.8) is 0 Å². The molecule has 0 aliphatic heterocycles. The average Bonchev–Trinajstić information content (AvgIpc) is 2.67. The Labute approximate surface area is 165 Å². The number of methoxy groups -OCH3 is 2. The number of halogens is 2. The number of benzene rings is 2. The molecule has 0 saturated carbocycles. The lowest BCUT2D eigenvalue weighted by molar-refractivity contribution is -0.142. The van der Waals surface area contributed by atoms with E-state index >= 15 is 0 Å². The predicted octanol–water partition coefficient (Wildman–Crippen LogP) is 4.61. The zero-order chi connectivity index (χ0) is 19.6. The van der Waals surface area contributed by atoms with Crippen molar-refractivity contribution in [1.29, 1.82) is 0 Å². The van der Waals surface area contributed by atoms with Gasteiger partial charge in [-0.2, -0.15) is 0 Å². The molecule has 0 spiro atoms. The fourth-order valence-corrected chi connectivity index (χ4v) is 3.27. The minimum Gasteiger partial charge on any atom is -0.497 e. The summed E-state index contributed by atoms with van der Waals surface area (Å²) in [6, 6.07) is 11.5. The highest BCUT2D eigenvalue weighted by molar-refractivity contribution is 6.42. The van der Waals surface area contributed by atoms with Crippen LogP contribution < -0.4 is 10.4 Å². The van der Waals surface area contributed by atoms with E-state index in [2.05, 4.69) is 0 Å². The number of hydrogen-bond acceptors (Lipinski definition) is 5. The predicted molar refractivity (Wildman–Crippen MR) is 104 cm³/mol. The third-order valence-corrected chi connectivity index (χ3v) is 5.01. The topological polar surface area (TPSA) is 65.7 Å². The van der Waals surface area contributed by atoms with Gasteiger partial charge in [-0.1, -0.05) is 29.3 Å². The molecule has 2 aromatic carbocycles. The summed E-state index contributed by atoms with van der Waals surface area (Å²) in [6.45, 7) is 0. The second-order valence-corrected chi connectivity index (χ2v) is 6.73. The maximum Gasteiger partial charge on any atom is 0.336 e. The maximum absolute atomic E-state index is 12.5. The van der Waals surface area contributed by atoms with E-state index in [-0.39, 0.29) is 6.42 Å². The SMILES string of the molecule is COC(=O)[C@@H](Cc1ccc(Cl)c(Cl)c1)c1cc(=O)oc2cc(OC)ccc12. The number of ether oxygens (including phenoxy) is 2. The van der Waals surface area contributed by atoms with Gasteiger partial charge in [0.15, 0.2) is 0 Å². The van der Waals surface area contributed by atoms with Crippen molar-refractivity contribution in [2.45, 2.75) is 12.3 Å². The molecule has 0 amide bonds. The van der Waals surface area contributed by atoms with Crippen LogP contribution in [0.5, 0.6) is 5.75 Å². The van der Waals surface area contributed by atoms with Crippen LogP contribution in [0.25, 0.3) is 11.0 Å². The summed E-state index contributed by atoms with van der Waals surface area (Å²) in [5.74, 6) is -0.641. The number of carbonyl (C=O) groups is 1. The lowest BCUT2D eigenvalue weighted by Crippen LogP contribution is -2.19. The van der Waals surface area contributed by atoms with Gasteiger partial charge in [0, 0.05) is 17.5 Å². The molecule has 0 N–H and O–H groups in total. The molecule has 0 unspecified atom stereocenters. The van der Waals surface area contributed by atoms with E-state index in [1.807, 2.05) is 0 Å². The average molecular weight is 407 g/mol. The lowest BCUT2D eigenvalue weighted by Gasteiger charge is -2.17. The Morgan fingerprint density at radius 2 is 1.85 bits per heavy atom. The molecule has 0 saturated heterocycles. The summed E-state index contributed by atoms with van der Waals surface area (Å²) in [7, 11) is 2.82. The van der Waals surface area contributed by atoms with Crippen molar-refractivity contribution in [2.24, 2.45) is 0 Å². The maximum atomic E-state index is 12.5. The van der Waals surface area contributed by atoms with Crippen LogP contribution in [0.15, 0.2) is 51.7 Å². The number of esters is 1. The molecular formula is C20H16Cl2O5. The zero-order valence-corrected chi connectivity index (χ0v) is 16.1. The van der Waals surface area contributed by atoms with Gasteiger partial charge >= 0.3 is 11.6 Å². The molecule has 7 heteroatoms. The van der Waals surface area contributed by atoms with Crippen LogP contribution in [-0.4, -0.2) is 20.2 Å². The number of rotatable bonds is 5. The summed E-state index contributed by atoms with van der Waals surface area (Å²) in [4.78, 5) is 24.6. The van der Waals surface area contributed by atoms with Crippen molar-refractivity contribution < 1.29 is 18.7 Å². The summed E-state index contributed by atoms with van der Waals surface area (Å²) in [5.41, 5.74) is 1.07. The molecule has 0 radical (unpaired) electrons. The van der Waals surface area contributed by atoms with Gasteiger partial charge in [0.25, 0.3) is 0 Å².